The summed E-state index contributed by atoms with van der Waals surface area (Å²) in [5.41, 5.74) is 2.57. The third kappa shape index (κ3) is 3.92. The minimum atomic E-state index is -0.495. The van der Waals surface area contributed by atoms with E-state index in [0.717, 1.165) is 44.7 Å². The molecule has 0 aromatic heterocycles. The van der Waals surface area contributed by atoms with Crippen LogP contribution in [0.15, 0.2) is 24.3 Å². The van der Waals surface area contributed by atoms with Gasteiger partial charge in [0.1, 0.15) is 5.92 Å². The van der Waals surface area contributed by atoms with Gasteiger partial charge in [-0.2, -0.15) is 0 Å². The first-order valence-electron chi connectivity index (χ1n) is 10.4. The van der Waals surface area contributed by atoms with E-state index in [1.165, 1.54) is 12.0 Å². The average molecular weight is 406 g/mol. The first kappa shape index (κ1) is 21.1. The Labute approximate surface area is 174 Å². The van der Waals surface area contributed by atoms with Crippen LogP contribution in [0, 0.1) is 11.3 Å². The van der Waals surface area contributed by atoms with Gasteiger partial charge in [0, 0.05) is 31.9 Å². The second kappa shape index (κ2) is 8.42. The molecule has 4 rings (SSSR count). The SMILES string of the molecule is CC(C)c1ccc(N2CCC(C(=O)N3CCC4(CCNC4)CC3)C2=O)cc1.Cl. The first-order valence-corrected chi connectivity index (χ1v) is 10.4. The van der Waals surface area contributed by atoms with Crippen LogP contribution in [0.2, 0.25) is 0 Å². The van der Waals surface area contributed by atoms with Crippen molar-refractivity contribution in [2.45, 2.75) is 45.4 Å². The van der Waals surface area contributed by atoms with Crippen LogP contribution in [0.25, 0.3) is 0 Å². The molecule has 0 saturated carbocycles. The Morgan fingerprint density at radius 2 is 1.79 bits per heavy atom. The second-order valence-electron chi connectivity index (χ2n) is 8.83. The molecule has 3 heterocycles. The monoisotopic (exact) mass is 405 g/mol. The van der Waals surface area contributed by atoms with Crippen molar-refractivity contribution in [1.29, 1.82) is 0 Å². The van der Waals surface area contributed by atoms with Crippen LogP contribution < -0.4 is 10.2 Å². The maximum Gasteiger partial charge on any atom is 0.239 e. The quantitative estimate of drug-likeness (QED) is 0.786. The van der Waals surface area contributed by atoms with Crippen LogP contribution in [0.3, 0.4) is 0 Å². The van der Waals surface area contributed by atoms with E-state index in [4.69, 9.17) is 0 Å². The Hall–Kier alpha value is -1.59. The fraction of sp³-hybridized carbons (Fsp3) is 0.636. The van der Waals surface area contributed by atoms with E-state index >= 15 is 0 Å². The Bertz CT molecular complexity index is 703. The summed E-state index contributed by atoms with van der Waals surface area (Å²) in [5, 5.41) is 3.46. The Balaban J connectivity index is 0.00000225. The largest absolute Gasteiger partial charge is 0.342 e. The summed E-state index contributed by atoms with van der Waals surface area (Å²) >= 11 is 0. The molecule has 0 radical (unpaired) electrons. The molecular formula is C22H32ClN3O2. The molecule has 1 aromatic rings. The number of nitrogens with one attached hydrogen (secondary N) is 1. The fourth-order valence-corrected chi connectivity index (χ4v) is 4.85. The summed E-state index contributed by atoms with van der Waals surface area (Å²) in [7, 11) is 0. The van der Waals surface area contributed by atoms with Crippen molar-refractivity contribution in [1.82, 2.24) is 10.2 Å². The fourth-order valence-electron chi connectivity index (χ4n) is 4.85. The van der Waals surface area contributed by atoms with Gasteiger partial charge in [0.2, 0.25) is 11.8 Å². The molecule has 0 aliphatic carbocycles. The molecule has 3 saturated heterocycles. The zero-order valence-electron chi connectivity index (χ0n) is 16.9. The lowest BCUT2D eigenvalue weighted by molar-refractivity contribution is -0.141. The number of anilines is 1. The highest BCUT2D eigenvalue weighted by Crippen LogP contribution is 2.38. The van der Waals surface area contributed by atoms with Gasteiger partial charge in [-0.25, -0.2) is 0 Å². The molecule has 1 spiro atoms. The number of benzene rings is 1. The lowest BCUT2D eigenvalue weighted by Crippen LogP contribution is -2.47. The van der Waals surface area contributed by atoms with Gasteiger partial charge in [0.25, 0.3) is 0 Å². The molecule has 5 nitrogen and oxygen atoms in total. The number of hydrogen-bond acceptors (Lipinski definition) is 3. The van der Waals surface area contributed by atoms with E-state index in [-0.39, 0.29) is 24.2 Å². The van der Waals surface area contributed by atoms with E-state index in [2.05, 4.69) is 31.3 Å². The summed E-state index contributed by atoms with van der Waals surface area (Å²) in [6, 6.07) is 8.19. The van der Waals surface area contributed by atoms with Crippen molar-refractivity contribution >= 4 is 29.9 Å². The summed E-state index contributed by atoms with van der Waals surface area (Å²) in [6.45, 7) is 8.74. The molecule has 1 unspecified atom stereocenters. The molecule has 0 bridgehead atoms. The number of likely N-dealkylation sites (tertiary alicyclic amines) is 1. The van der Waals surface area contributed by atoms with Crippen molar-refractivity contribution in [2.24, 2.45) is 11.3 Å². The molecule has 6 heteroatoms. The number of nitrogens with zero attached hydrogens (tertiary/aromatic N) is 2. The van der Waals surface area contributed by atoms with Crippen LogP contribution in [-0.2, 0) is 9.59 Å². The molecule has 1 N–H and O–H groups in total. The summed E-state index contributed by atoms with van der Waals surface area (Å²) < 4.78 is 0. The van der Waals surface area contributed by atoms with E-state index in [9.17, 15) is 9.59 Å². The van der Waals surface area contributed by atoms with Gasteiger partial charge in [-0.1, -0.05) is 26.0 Å². The first-order chi connectivity index (χ1) is 13.0. The van der Waals surface area contributed by atoms with Crippen LogP contribution in [0.1, 0.15) is 51.0 Å². The number of amides is 2. The number of halogens is 1. The van der Waals surface area contributed by atoms with E-state index < -0.39 is 5.92 Å². The normalized spacial score (nSPS) is 24.1. The van der Waals surface area contributed by atoms with Crippen molar-refractivity contribution < 1.29 is 9.59 Å². The van der Waals surface area contributed by atoms with Gasteiger partial charge >= 0.3 is 0 Å². The van der Waals surface area contributed by atoms with Crippen LogP contribution >= 0.6 is 12.4 Å². The van der Waals surface area contributed by atoms with Gasteiger partial charge < -0.3 is 15.1 Å². The zero-order valence-corrected chi connectivity index (χ0v) is 17.8. The van der Waals surface area contributed by atoms with Crippen molar-refractivity contribution in [3.05, 3.63) is 29.8 Å². The van der Waals surface area contributed by atoms with Crippen molar-refractivity contribution in [2.75, 3.05) is 37.6 Å². The third-order valence-corrected chi connectivity index (χ3v) is 6.84. The lowest BCUT2D eigenvalue weighted by atomic mass is 9.77. The second-order valence-corrected chi connectivity index (χ2v) is 8.83. The maximum absolute atomic E-state index is 13.0. The molecule has 1 atom stereocenters. The molecule has 154 valence electrons. The highest BCUT2D eigenvalue weighted by atomic mass is 35.5. The number of hydrogen-bond donors (Lipinski definition) is 1. The van der Waals surface area contributed by atoms with Crippen LogP contribution in [-0.4, -0.2) is 49.4 Å². The highest BCUT2D eigenvalue weighted by molar-refractivity contribution is 6.09. The summed E-state index contributed by atoms with van der Waals surface area (Å²) in [4.78, 5) is 29.7. The standard InChI is InChI=1S/C22H31N3O2.ClH/c1-16(2)17-3-5-18(6-4-17)25-12-7-19(21(25)27)20(26)24-13-9-22(10-14-24)8-11-23-15-22;/h3-6,16,19,23H,7-15H2,1-2H3;1H. The highest BCUT2D eigenvalue weighted by Gasteiger charge is 2.43. The molecular weight excluding hydrogens is 374 g/mol. The lowest BCUT2D eigenvalue weighted by Gasteiger charge is -2.39. The molecule has 28 heavy (non-hydrogen) atoms. The van der Waals surface area contributed by atoms with Crippen LogP contribution in [0.5, 0.6) is 0 Å². The molecule has 2 amide bonds. The Morgan fingerprint density at radius 1 is 1.11 bits per heavy atom. The molecule has 1 aromatic carbocycles. The van der Waals surface area contributed by atoms with Gasteiger partial charge in [0.15, 0.2) is 0 Å². The topological polar surface area (TPSA) is 52.7 Å². The number of carbonyl (C=O) groups is 2. The van der Waals surface area contributed by atoms with Gasteiger partial charge in [-0.3, -0.25) is 9.59 Å². The van der Waals surface area contributed by atoms with Crippen molar-refractivity contribution in [3.63, 3.8) is 0 Å². The third-order valence-electron chi connectivity index (χ3n) is 6.84. The summed E-state index contributed by atoms with van der Waals surface area (Å²) in [6.07, 6.45) is 3.98. The minimum Gasteiger partial charge on any atom is -0.342 e. The molecule has 3 fully saturated rings. The molecule has 3 aliphatic rings. The van der Waals surface area contributed by atoms with Crippen LogP contribution in [0.4, 0.5) is 5.69 Å². The van der Waals surface area contributed by atoms with Gasteiger partial charge in [-0.05, 0) is 61.3 Å². The number of carbonyl (C=O) groups excluding carboxylic acids is 2. The van der Waals surface area contributed by atoms with E-state index in [1.807, 2.05) is 17.0 Å². The van der Waals surface area contributed by atoms with E-state index in [1.54, 1.807) is 4.90 Å². The zero-order chi connectivity index (χ0) is 19.0. The Kier molecular flexibility index (Phi) is 6.35. The smallest absolute Gasteiger partial charge is 0.239 e. The predicted octanol–water partition coefficient (Wildman–Crippen LogP) is 3.19. The number of rotatable bonds is 3. The average Bonchev–Trinajstić information content (AvgIpc) is 3.29. The summed E-state index contributed by atoms with van der Waals surface area (Å²) in [5.74, 6) is -0.00660. The predicted molar refractivity (Wildman–Crippen MR) is 114 cm³/mol. The van der Waals surface area contributed by atoms with Gasteiger partial charge in [0.05, 0.1) is 0 Å². The van der Waals surface area contributed by atoms with E-state index in [0.29, 0.717) is 24.3 Å². The number of piperidine rings is 1. The van der Waals surface area contributed by atoms with Crippen molar-refractivity contribution in [3.8, 4) is 0 Å². The Morgan fingerprint density at radius 3 is 2.36 bits per heavy atom. The maximum atomic E-state index is 13.0. The molecule has 3 aliphatic heterocycles. The minimum absolute atomic E-state index is 0. The van der Waals surface area contributed by atoms with Gasteiger partial charge in [-0.15, -0.1) is 12.4 Å².